The second-order valence-corrected chi connectivity index (χ2v) is 6.92. The second kappa shape index (κ2) is 6.78. The molecule has 3 heterocycles. The normalized spacial score (nSPS) is 20.4. The first kappa shape index (κ1) is 16.0. The van der Waals surface area contributed by atoms with Gasteiger partial charge in [-0.05, 0) is 43.4 Å². The van der Waals surface area contributed by atoms with Crippen LogP contribution in [0.5, 0.6) is 0 Å². The highest BCUT2D eigenvalue weighted by molar-refractivity contribution is 5.93. The number of carbonyl (C=O) groups excluding carboxylic acids is 1. The van der Waals surface area contributed by atoms with Crippen LogP contribution in [0.4, 0.5) is 5.82 Å². The number of rotatable bonds is 4. The van der Waals surface area contributed by atoms with E-state index < -0.39 is 0 Å². The van der Waals surface area contributed by atoms with E-state index in [0.29, 0.717) is 17.4 Å². The first-order chi connectivity index (χ1) is 12.2. The van der Waals surface area contributed by atoms with Gasteiger partial charge in [-0.25, -0.2) is 15.0 Å². The smallest absolute Gasteiger partial charge is 0.257 e. The Morgan fingerprint density at radius 3 is 2.68 bits per heavy atom. The summed E-state index contributed by atoms with van der Waals surface area (Å²) >= 11 is 0. The molecule has 2 aromatic heterocycles. The molecule has 1 saturated carbocycles. The van der Waals surface area contributed by atoms with E-state index in [1.54, 1.807) is 12.4 Å². The molecule has 1 N–H and O–H groups in total. The summed E-state index contributed by atoms with van der Waals surface area (Å²) in [5.74, 6) is 2.64. The van der Waals surface area contributed by atoms with Crippen LogP contribution in [-0.4, -0.2) is 45.9 Å². The lowest BCUT2D eigenvalue weighted by Crippen LogP contribution is -2.39. The minimum absolute atomic E-state index is 0.0370. The van der Waals surface area contributed by atoms with Crippen LogP contribution in [0.15, 0.2) is 30.7 Å². The molecule has 0 bridgehead atoms. The number of piperidine rings is 1. The van der Waals surface area contributed by atoms with Crippen molar-refractivity contribution in [2.45, 2.75) is 37.5 Å². The Labute approximate surface area is 147 Å². The van der Waals surface area contributed by atoms with Crippen molar-refractivity contribution < 1.29 is 4.79 Å². The van der Waals surface area contributed by atoms with Crippen molar-refractivity contribution in [1.82, 2.24) is 19.9 Å². The molecule has 130 valence electrons. The highest BCUT2D eigenvalue weighted by atomic mass is 16.2. The van der Waals surface area contributed by atoms with Crippen LogP contribution in [0, 0.1) is 0 Å². The van der Waals surface area contributed by atoms with E-state index in [-0.39, 0.29) is 5.91 Å². The largest absolute Gasteiger partial charge is 0.373 e. The number of anilines is 1. The second-order valence-electron chi connectivity index (χ2n) is 6.92. The van der Waals surface area contributed by atoms with Gasteiger partial charge < -0.3 is 10.2 Å². The maximum atomic E-state index is 12.8. The van der Waals surface area contributed by atoms with Crippen molar-refractivity contribution in [2.24, 2.45) is 0 Å². The van der Waals surface area contributed by atoms with Crippen LogP contribution in [0.2, 0.25) is 0 Å². The fourth-order valence-electron chi connectivity index (χ4n) is 3.45. The monoisotopic (exact) mass is 337 g/mol. The average molecular weight is 337 g/mol. The quantitative estimate of drug-likeness (QED) is 0.929. The molecule has 2 fully saturated rings. The molecule has 0 spiro atoms. The van der Waals surface area contributed by atoms with Gasteiger partial charge in [0.15, 0.2) is 0 Å². The van der Waals surface area contributed by atoms with Crippen LogP contribution in [0.25, 0.3) is 0 Å². The molecule has 0 unspecified atom stereocenters. The molecular formula is C19H23N5O. The lowest BCUT2D eigenvalue weighted by molar-refractivity contribution is 0.0706. The summed E-state index contributed by atoms with van der Waals surface area (Å²) in [5.41, 5.74) is 1.83. The van der Waals surface area contributed by atoms with Gasteiger partial charge in [-0.1, -0.05) is 0 Å². The predicted octanol–water partition coefficient (Wildman–Crippen LogP) is 2.81. The zero-order valence-electron chi connectivity index (χ0n) is 14.5. The van der Waals surface area contributed by atoms with Gasteiger partial charge in [0.05, 0.1) is 5.56 Å². The predicted molar refractivity (Wildman–Crippen MR) is 95.7 cm³/mol. The zero-order valence-corrected chi connectivity index (χ0v) is 14.5. The van der Waals surface area contributed by atoms with Gasteiger partial charge in [-0.3, -0.25) is 4.79 Å². The molecule has 1 aliphatic carbocycles. The Morgan fingerprint density at radius 2 is 1.96 bits per heavy atom. The minimum atomic E-state index is 0.0370. The number of likely N-dealkylation sites (tertiary alicyclic amines) is 1. The fraction of sp³-hybridized carbons (Fsp3) is 0.474. The lowest BCUT2D eigenvalue weighted by atomic mass is 9.91. The van der Waals surface area contributed by atoms with Crippen molar-refractivity contribution in [3.63, 3.8) is 0 Å². The summed E-state index contributed by atoms with van der Waals surface area (Å²) in [4.78, 5) is 27.8. The van der Waals surface area contributed by atoms with Crippen LogP contribution < -0.4 is 5.32 Å². The standard InChI is InChI=1S/C19H23N5O/c1-20-17-9-14(6-7-21-17)15-3-2-8-24(12-15)19(25)16-10-22-18(23-11-16)13-4-5-13/h6-7,9-11,13,15H,2-5,8,12H2,1H3,(H,20,21)/t15-/m1/s1. The van der Waals surface area contributed by atoms with Crippen molar-refractivity contribution in [2.75, 3.05) is 25.5 Å². The minimum Gasteiger partial charge on any atom is -0.373 e. The number of carbonyl (C=O) groups is 1. The van der Waals surface area contributed by atoms with E-state index in [1.165, 1.54) is 18.4 Å². The van der Waals surface area contributed by atoms with Crippen molar-refractivity contribution in [3.05, 3.63) is 47.7 Å². The molecule has 6 nitrogen and oxygen atoms in total. The van der Waals surface area contributed by atoms with Crippen LogP contribution >= 0.6 is 0 Å². The molecule has 1 atom stereocenters. The Balaban J connectivity index is 1.47. The van der Waals surface area contributed by atoms with Crippen LogP contribution in [0.1, 0.15) is 59.3 Å². The summed E-state index contributed by atoms with van der Waals surface area (Å²) in [7, 11) is 1.87. The van der Waals surface area contributed by atoms with Crippen molar-refractivity contribution in [1.29, 1.82) is 0 Å². The molecule has 2 aromatic rings. The maximum Gasteiger partial charge on any atom is 0.257 e. The van der Waals surface area contributed by atoms with Gasteiger partial charge in [-0.2, -0.15) is 0 Å². The topological polar surface area (TPSA) is 71.0 Å². The Kier molecular flexibility index (Phi) is 4.34. The van der Waals surface area contributed by atoms with Crippen LogP contribution in [-0.2, 0) is 0 Å². The third kappa shape index (κ3) is 3.48. The molecule has 25 heavy (non-hydrogen) atoms. The summed E-state index contributed by atoms with van der Waals surface area (Å²) in [6.07, 6.45) is 9.65. The number of pyridine rings is 1. The summed E-state index contributed by atoms with van der Waals surface area (Å²) in [5, 5.41) is 3.08. The molecule has 1 aliphatic heterocycles. The van der Waals surface area contributed by atoms with E-state index in [0.717, 1.165) is 37.6 Å². The highest BCUT2D eigenvalue weighted by Gasteiger charge is 2.28. The van der Waals surface area contributed by atoms with Gasteiger partial charge in [0.25, 0.3) is 5.91 Å². The highest BCUT2D eigenvalue weighted by Crippen LogP contribution is 2.37. The van der Waals surface area contributed by atoms with Gasteiger partial charge in [-0.15, -0.1) is 0 Å². The number of nitrogens with one attached hydrogen (secondary N) is 1. The Morgan fingerprint density at radius 1 is 1.16 bits per heavy atom. The first-order valence-electron chi connectivity index (χ1n) is 8.99. The number of hydrogen-bond donors (Lipinski definition) is 1. The molecule has 0 aromatic carbocycles. The summed E-state index contributed by atoms with van der Waals surface area (Å²) in [6.45, 7) is 1.53. The fourth-order valence-corrected chi connectivity index (χ4v) is 3.45. The summed E-state index contributed by atoms with van der Waals surface area (Å²) in [6, 6.07) is 4.12. The molecule has 1 amide bonds. The average Bonchev–Trinajstić information content (AvgIpc) is 3.53. The summed E-state index contributed by atoms with van der Waals surface area (Å²) < 4.78 is 0. The van der Waals surface area contributed by atoms with Crippen molar-refractivity contribution >= 4 is 11.7 Å². The molecule has 4 rings (SSSR count). The Bertz CT molecular complexity index is 757. The van der Waals surface area contributed by atoms with Gasteiger partial charge in [0.2, 0.25) is 0 Å². The molecule has 6 heteroatoms. The number of aromatic nitrogens is 3. The van der Waals surface area contributed by atoms with E-state index >= 15 is 0 Å². The number of hydrogen-bond acceptors (Lipinski definition) is 5. The third-order valence-corrected chi connectivity index (χ3v) is 5.08. The van der Waals surface area contributed by atoms with Gasteiger partial charge >= 0.3 is 0 Å². The first-order valence-corrected chi connectivity index (χ1v) is 8.99. The van der Waals surface area contributed by atoms with E-state index in [9.17, 15) is 4.79 Å². The third-order valence-electron chi connectivity index (χ3n) is 5.08. The molecule has 0 radical (unpaired) electrons. The zero-order chi connectivity index (χ0) is 17.2. The van der Waals surface area contributed by atoms with Gasteiger partial charge in [0.1, 0.15) is 11.6 Å². The SMILES string of the molecule is CNc1cc([C@@H]2CCCN(C(=O)c3cnc(C4CC4)nc3)C2)ccn1. The number of amides is 1. The number of nitrogens with zero attached hydrogens (tertiary/aromatic N) is 4. The molecule has 2 aliphatic rings. The molecule has 1 saturated heterocycles. The van der Waals surface area contributed by atoms with E-state index in [4.69, 9.17) is 0 Å². The lowest BCUT2D eigenvalue weighted by Gasteiger charge is -2.33. The van der Waals surface area contributed by atoms with E-state index in [2.05, 4.69) is 26.3 Å². The van der Waals surface area contributed by atoms with E-state index in [1.807, 2.05) is 24.2 Å². The maximum absolute atomic E-state index is 12.8. The van der Waals surface area contributed by atoms with Crippen molar-refractivity contribution in [3.8, 4) is 0 Å². The van der Waals surface area contributed by atoms with Gasteiger partial charge in [0, 0.05) is 50.6 Å². The Hall–Kier alpha value is -2.50. The molecular weight excluding hydrogens is 314 g/mol. The van der Waals surface area contributed by atoms with Crippen LogP contribution in [0.3, 0.4) is 0 Å².